The molecule has 27 heavy (non-hydrogen) atoms. The zero-order valence-corrected chi connectivity index (χ0v) is 15.5. The van der Waals surface area contributed by atoms with E-state index in [2.05, 4.69) is 5.32 Å². The van der Waals surface area contributed by atoms with Crippen molar-refractivity contribution in [3.05, 3.63) is 29.3 Å². The third-order valence-corrected chi connectivity index (χ3v) is 6.24. The second-order valence-electron chi connectivity index (χ2n) is 8.52. The first-order chi connectivity index (χ1) is 13.1. The Morgan fingerprint density at radius 2 is 2.26 bits per heavy atom. The Kier molecular flexibility index (Phi) is 4.20. The number of amides is 2. The molecule has 0 unspecified atom stereocenters. The van der Waals surface area contributed by atoms with Gasteiger partial charge in [-0.05, 0) is 55.4 Å². The lowest BCUT2D eigenvalue weighted by atomic mass is 9.89. The van der Waals surface area contributed by atoms with Crippen LogP contribution in [0.15, 0.2) is 18.2 Å². The molecular formula is C21H26N2O4. The minimum Gasteiger partial charge on any atom is -0.375 e. The van der Waals surface area contributed by atoms with E-state index in [4.69, 9.17) is 9.47 Å². The van der Waals surface area contributed by atoms with Crippen molar-refractivity contribution in [2.45, 2.75) is 50.2 Å². The average molecular weight is 370 g/mol. The maximum atomic E-state index is 13.1. The molecule has 6 nitrogen and oxygen atoms in total. The molecule has 3 fully saturated rings. The number of carbonyl (C=O) groups excluding carboxylic acids is 2. The summed E-state index contributed by atoms with van der Waals surface area (Å²) < 4.78 is 12.2. The molecule has 0 radical (unpaired) electrons. The number of piperidine rings is 1. The number of ether oxygens (including phenoxy) is 2. The summed E-state index contributed by atoms with van der Waals surface area (Å²) in [5, 5.41) is 2.81. The lowest BCUT2D eigenvalue weighted by molar-refractivity contribution is -0.115. The average Bonchev–Trinajstić information content (AvgIpc) is 3.31. The molecule has 4 aliphatic rings. The molecule has 0 bridgehead atoms. The molecule has 2 amide bonds. The van der Waals surface area contributed by atoms with Gasteiger partial charge < -0.3 is 19.7 Å². The van der Waals surface area contributed by atoms with Crippen LogP contribution in [-0.4, -0.2) is 54.7 Å². The van der Waals surface area contributed by atoms with Gasteiger partial charge in [-0.2, -0.15) is 0 Å². The Hall–Kier alpha value is -1.92. The van der Waals surface area contributed by atoms with Crippen LogP contribution in [0.3, 0.4) is 0 Å². The van der Waals surface area contributed by atoms with Crippen LogP contribution in [0.5, 0.6) is 0 Å². The topological polar surface area (TPSA) is 67.9 Å². The summed E-state index contributed by atoms with van der Waals surface area (Å²) in [6, 6.07) is 5.50. The van der Waals surface area contributed by atoms with Crippen molar-refractivity contribution in [2.24, 2.45) is 5.92 Å². The number of nitrogens with one attached hydrogen (secondary N) is 1. The van der Waals surface area contributed by atoms with Crippen LogP contribution in [0.2, 0.25) is 0 Å². The largest absolute Gasteiger partial charge is 0.375 e. The number of benzene rings is 1. The fourth-order valence-electron chi connectivity index (χ4n) is 4.57. The van der Waals surface area contributed by atoms with Gasteiger partial charge in [0, 0.05) is 30.8 Å². The third-order valence-electron chi connectivity index (χ3n) is 6.24. The standard InChI is InChI=1S/C21H26N2O4/c24-19-9-16-8-15(4-5-18(16)22-19)20(25)23-7-1-6-21(13-23)10-17(12-27-21)26-11-14-2-3-14/h4-5,8,14,17H,1-3,6-7,9-13H2,(H,22,24)/t17-,21-/m1/s1. The number of fused-ring (bicyclic) bond motifs is 1. The second-order valence-corrected chi connectivity index (χ2v) is 8.52. The smallest absolute Gasteiger partial charge is 0.253 e. The summed E-state index contributed by atoms with van der Waals surface area (Å²) in [5.74, 6) is 0.775. The lowest BCUT2D eigenvalue weighted by Crippen LogP contribution is -2.50. The van der Waals surface area contributed by atoms with Gasteiger partial charge in [-0.3, -0.25) is 9.59 Å². The normalized spacial score (nSPS) is 29.9. The van der Waals surface area contributed by atoms with Crippen LogP contribution in [-0.2, 0) is 20.7 Å². The highest BCUT2D eigenvalue weighted by Crippen LogP contribution is 2.38. The van der Waals surface area contributed by atoms with Gasteiger partial charge in [-0.15, -0.1) is 0 Å². The number of nitrogens with zero attached hydrogens (tertiary/aromatic N) is 1. The van der Waals surface area contributed by atoms with Crippen molar-refractivity contribution in [3.8, 4) is 0 Å². The van der Waals surface area contributed by atoms with Gasteiger partial charge >= 0.3 is 0 Å². The summed E-state index contributed by atoms with van der Waals surface area (Å²) in [5.41, 5.74) is 2.13. The van der Waals surface area contributed by atoms with Gasteiger partial charge in [0.15, 0.2) is 0 Å². The maximum Gasteiger partial charge on any atom is 0.253 e. The highest BCUT2D eigenvalue weighted by Gasteiger charge is 2.45. The van der Waals surface area contributed by atoms with E-state index >= 15 is 0 Å². The van der Waals surface area contributed by atoms with Crippen LogP contribution in [0, 0.1) is 5.92 Å². The molecule has 2 atom stereocenters. The fourth-order valence-corrected chi connectivity index (χ4v) is 4.57. The van der Waals surface area contributed by atoms with Crippen LogP contribution in [0.25, 0.3) is 0 Å². The van der Waals surface area contributed by atoms with Crippen LogP contribution < -0.4 is 5.32 Å². The van der Waals surface area contributed by atoms with E-state index in [-0.39, 0.29) is 23.5 Å². The first-order valence-electron chi connectivity index (χ1n) is 10.1. The van der Waals surface area contributed by atoms with E-state index in [1.165, 1.54) is 12.8 Å². The van der Waals surface area contributed by atoms with Gasteiger partial charge in [0.05, 0.1) is 31.3 Å². The molecule has 1 aliphatic carbocycles. The zero-order valence-electron chi connectivity index (χ0n) is 15.5. The molecule has 2 saturated heterocycles. The van der Waals surface area contributed by atoms with Gasteiger partial charge in [0.25, 0.3) is 5.91 Å². The number of likely N-dealkylation sites (tertiary alicyclic amines) is 1. The van der Waals surface area contributed by atoms with Gasteiger partial charge in [-0.25, -0.2) is 0 Å². The van der Waals surface area contributed by atoms with Gasteiger partial charge in [0.1, 0.15) is 0 Å². The lowest BCUT2D eigenvalue weighted by Gasteiger charge is -2.39. The van der Waals surface area contributed by atoms with Crippen molar-refractivity contribution in [2.75, 3.05) is 31.6 Å². The molecular weight excluding hydrogens is 344 g/mol. The molecule has 0 aromatic heterocycles. The Morgan fingerprint density at radius 1 is 1.37 bits per heavy atom. The third kappa shape index (κ3) is 3.48. The molecule has 144 valence electrons. The monoisotopic (exact) mass is 370 g/mol. The molecule has 1 N–H and O–H groups in total. The van der Waals surface area contributed by atoms with Crippen molar-refractivity contribution < 1.29 is 19.1 Å². The molecule has 1 aromatic rings. The predicted molar refractivity (Wildman–Crippen MR) is 99.7 cm³/mol. The van der Waals surface area contributed by atoms with Gasteiger partial charge in [0.2, 0.25) is 5.91 Å². The Morgan fingerprint density at radius 3 is 3.11 bits per heavy atom. The molecule has 3 heterocycles. The minimum absolute atomic E-state index is 0.0110. The summed E-state index contributed by atoms with van der Waals surface area (Å²) in [6.45, 7) is 2.88. The first kappa shape index (κ1) is 17.2. The van der Waals surface area contributed by atoms with E-state index in [9.17, 15) is 9.59 Å². The minimum atomic E-state index is -0.254. The second kappa shape index (κ2) is 6.60. The summed E-state index contributed by atoms with van der Waals surface area (Å²) in [6.07, 6.45) is 5.92. The summed E-state index contributed by atoms with van der Waals surface area (Å²) >= 11 is 0. The number of rotatable bonds is 4. The number of hydrogen-bond acceptors (Lipinski definition) is 4. The highest BCUT2D eigenvalue weighted by atomic mass is 16.6. The van der Waals surface area contributed by atoms with E-state index in [1.807, 2.05) is 23.1 Å². The van der Waals surface area contributed by atoms with Crippen molar-refractivity contribution in [1.29, 1.82) is 0 Å². The van der Waals surface area contributed by atoms with Crippen LogP contribution >= 0.6 is 0 Å². The Balaban J connectivity index is 1.25. The molecule has 3 aliphatic heterocycles. The Bertz CT molecular complexity index is 775. The molecule has 6 heteroatoms. The van der Waals surface area contributed by atoms with Gasteiger partial charge in [-0.1, -0.05) is 0 Å². The first-order valence-corrected chi connectivity index (χ1v) is 10.1. The van der Waals surface area contributed by atoms with Crippen molar-refractivity contribution >= 4 is 17.5 Å². The molecule has 1 spiro atoms. The van der Waals surface area contributed by atoms with Crippen LogP contribution in [0.1, 0.15) is 48.0 Å². The fraction of sp³-hybridized carbons (Fsp3) is 0.619. The van der Waals surface area contributed by atoms with E-state index < -0.39 is 0 Å². The maximum absolute atomic E-state index is 13.1. The molecule has 5 rings (SSSR count). The SMILES string of the molecule is O=C1Cc2cc(C(=O)N3CCC[C@@]4(C[C@@H](OCC5CC5)CO4)C3)ccc2N1. The van der Waals surface area contributed by atoms with Crippen LogP contribution in [0.4, 0.5) is 5.69 Å². The number of anilines is 1. The van der Waals surface area contributed by atoms with E-state index in [0.29, 0.717) is 25.1 Å². The van der Waals surface area contributed by atoms with E-state index in [0.717, 1.165) is 49.6 Å². The van der Waals surface area contributed by atoms with E-state index in [1.54, 1.807) is 0 Å². The van der Waals surface area contributed by atoms with Crippen molar-refractivity contribution in [3.63, 3.8) is 0 Å². The molecule has 1 aromatic carbocycles. The predicted octanol–water partition coefficient (Wildman–Crippen LogP) is 2.37. The molecule has 1 saturated carbocycles. The summed E-state index contributed by atoms with van der Waals surface area (Å²) in [4.78, 5) is 26.5. The summed E-state index contributed by atoms with van der Waals surface area (Å²) in [7, 11) is 0. The quantitative estimate of drug-likeness (QED) is 0.884. The van der Waals surface area contributed by atoms with Crippen molar-refractivity contribution in [1.82, 2.24) is 4.90 Å². The highest BCUT2D eigenvalue weighted by molar-refractivity contribution is 6.01. The number of hydrogen-bond donors (Lipinski definition) is 1. The Labute approximate surface area is 159 Å². The number of carbonyl (C=O) groups is 2. The zero-order chi connectivity index (χ0) is 18.4.